The van der Waals surface area contributed by atoms with E-state index in [4.69, 9.17) is 15.1 Å². The molecule has 29 heavy (non-hydrogen) atoms. The molecule has 1 heterocycles. The summed E-state index contributed by atoms with van der Waals surface area (Å²) in [4.78, 5) is 22.1. The number of hydrogen-bond donors (Lipinski definition) is 2. The van der Waals surface area contributed by atoms with E-state index >= 15 is 0 Å². The van der Waals surface area contributed by atoms with E-state index in [0.29, 0.717) is 24.0 Å². The fraction of sp³-hybridized carbons (Fsp3) is 0.125. The molecule has 2 N–H and O–H groups in total. The predicted molar refractivity (Wildman–Crippen MR) is 114 cm³/mol. The molecule has 0 bridgehead atoms. The van der Waals surface area contributed by atoms with E-state index in [1.165, 1.54) is 0 Å². The molecular formula is C24H21N3O2. The lowest BCUT2D eigenvalue weighted by molar-refractivity contribution is 0.0951. The third-order valence-electron chi connectivity index (χ3n) is 4.64. The molecule has 4 rings (SSSR count). The van der Waals surface area contributed by atoms with Crippen molar-refractivity contribution in [3.05, 3.63) is 84.4 Å². The van der Waals surface area contributed by atoms with Crippen LogP contribution in [0.15, 0.2) is 78.9 Å². The summed E-state index contributed by atoms with van der Waals surface area (Å²) in [7, 11) is 0. The van der Waals surface area contributed by atoms with Gasteiger partial charge in [-0.15, -0.1) is 0 Å². The van der Waals surface area contributed by atoms with Gasteiger partial charge in [-0.3, -0.25) is 4.79 Å². The third-order valence-corrected chi connectivity index (χ3v) is 4.64. The second-order valence-electron chi connectivity index (χ2n) is 6.69. The zero-order valence-corrected chi connectivity index (χ0v) is 15.9. The van der Waals surface area contributed by atoms with E-state index < -0.39 is 0 Å². The summed E-state index contributed by atoms with van der Waals surface area (Å²) in [5.74, 6) is -0.185. The number of benzene rings is 3. The van der Waals surface area contributed by atoms with Crippen molar-refractivity contribution in [2.45, 2.75) is 6.42 Å². The molecule has 1 aromatic heterocycles. The molecule has 0 aliphatic carbocycles. The van der Waals surface area contributed by atoms with Gasteiger partial charge in [0.05, 0.1) is 22.4 Å². The maximum atomic E-state index is 12.4. The normalized spacial score (nSPS) is 10.8. The van der Waals surface area contributed by atoms with Crippen LogP contribution in [0.1, 0.15) is 16.8 Å². The zero-order chi connectivity index (χ0) is 20.1. The number of carbonyl (C=O) groups is 1. The number of nitrogens with zero attached hydrogens (tertiary/aromatic N) is 2. The summed E-state index contributed by atoms with van der Waals surface area (Å²) in [5.41, 5.74) is 5.47. The number of amides is 1. The lowest BCUT2D eigenvalue weighted by Crippen LogP contribution is -2.24. The predicted octanol–water partition coefficient (Wildman–Crippen LogP) is 4.08. The Balaban J connectivity index is 1.82. The molecule has 0 radical (unpaired) electrons. The lowest BCUT2D eigenvalue weighted by Gasteiger charge is -2.11. The van der Waals surface area contributed by atoms with Gasteiger partial charge in [-0.05, 0) is 24.6 Å². The average molecular weight is 383 g/mol. The number of aliphatic hydroxyl groups excluding tert-OH is 1. The molecule has 0 fully saturated rings. The Bertz CT molecular complexity index is 1130. The van der Waals surface area contributed by atoms with Gasteiger partial charge in [-0.25, -0.2) is 9.97 Å². The summed E-state index contributed by atoms with van der Waals surface area (Å²) < 4.78 is 0. The van der Waals surface area contributed by atoms with Crippen LogP contribution in [0.2, 0.25) is 0 Å². The fourth-order valence-corrected chi connectivity index (χ4v) is 3.17. The first-order valence-electron chi connectivity index (χ1n) is 9.58. The first-order valence-corrected chi connectivity index (χ1v) is 9.58. The first-order chi connectivity index (χ1) is 14.3. The molecule has 4 aromatic rings. The average Bonchev–Trinajstić information content (AvgIpc) is 2.79. The number of aliphatic hydroxyl groups is 1. The number of hydrogen-bond acceptors (Lipinski definition) is 4. The second-order valence-corrected chi connectivity index (χ2v) is 6.69. The van der Waals surface area contributed by atoms with Crippen molar-refractivity contribution in [2.75, 3.05) is 13.2 Å². The molecule has 0 saturated heterocycles. The first kappa shape index (κ1) is 18.8. The molecule has 0 aliphatic heterocycles. The van der Waals surface area contributed by atoms with Gasteiger partial charge in [0.2, 0.25) is 0 Å². The van der Waals surface area contributed by atoms with Gasteiger partial charge in [0.25, 0.3) is 5.91 Å². The summed E-state index contributed by atoms with van der Waals surface area (Å²) in [5, 5.41) is 11.7. The maximum absolute atomic E-state index is 12.4. The highest BCUT2D eigenvalue weighted by Gasteiger charge is 2.14. The Morgan fingerprint density at radius 1 is 0.793 bits per heavy atom. The Morgan fingerprint density at radius 2 is 1.38 bits per heavy atom. The van der Waals surface area contributed by atoms with Crippen LogP contribution in [-0.4, -0.2) is 34.1 Å². The maximum Gasteiger partial charge on any atom is 0.251 e. The molecule has 0 spiro atoms. The van der Waals surface area contributed by atoms with E-state index in [0.717, 1.165) is 28.0 Å². The van der Waals surface area contributed by atoms with Crippen molar-refractivity contribution in [3.63, 3.8) is 0 Å². The summed E-state index contributed by atoms with van der Waals surface area (Å²) in [6, 6.07) is 25.2. The Kier molecular flexibility index (Phi) is 5.59. The van der Waals surface area contributed by atoms with Gasteiger partial charge in [0, 0.05) is 29.8 Å². The van der Waals surface area contributed by atoms with Crippen molar-refractivity contribution >= 4 is 16.9 Å². The highest BCUT2D eigenvalue weighted by Crippen LogP contribution is 2.31. The Hall–Kier alpha value is -3.57. The van der Waals surface area contributed by atoms with Crippen molar-refractivity contribution in [2.24, 2.45) is 0 Å². The molecule has 1 amide bonds. The highest BCUT2D eigenvalue weighted by atomic mass is 16.3. The zero-order valence-electron chi connectivity index (χ0n) is 15.9. The van der Waals surface area contributed by atoms with Crippen LogP contribution < -0.4 is 5.32 Å². The van der Waals surface area contributed by atoms with Crippen LogP contribution >= 0.6 is 0 Å². The van der Waals surface area contributed by atoms with Gasteiger partial charge in [-0.2, -0.15) is 0 Å². The van der Waals surface area contributed by atoms with E-state index in [1.807, 2.05) is 66.7 Å². The van der Waals surface area contributed by atoms with Crippen LogP contribution in [0.4, 0.5) is 0 Å². The minimum atomic E-state index is -0.185. The number of rotatable bonds is 6. The minimum Gasteiger partial charge on any atom is -0.396 e. The van der Waals surface area contributed by atoms with Gasteiger partial charge in [0.1, 0.15) is 0 Å². The van der Waals surface area contributed by atoms with Crippen LogP contribution in [0.3, 0.4) is 0 Å². The molecule has 0 saturated carbocycles. The largest absolute Gasteiger partial charge is 0.396 e. The quantitative estimate of drug-likeness (QED) is 0.492. The molecule has 144 valence electrons. The topological polar surface area (TPSA) is 75.1 Å². The molecule has 0 atom stereocenters. The van der Waals surface area contributed by atoms with Gasteiger partial charge >= 0.3 is 0 Å². The van der Waals surface area contributed by atoms with E-state index in [1.54, 1.807) is 12.1 Å². The van der Waals surface area contributed by atoms with E-state index in [9.17, 15) is 4.79 Å². The molecule has 0 unspecified atom stereocenters. The Morgan fingerprint density at radius 3 is 1.97 bits per heavy atom. The monoisotopic (exact) mass is 383 g/mol. The van der Waals surface area contributed by atoms with Crippen molar-refractivity contribution in [1.82, 2.24) is 15.3 Å². The van der Waals surface area contributed by atoms with Gasteiger partial charge in [-0.1, -0.05) is 60.7 Å². The minimum absolute atomic E-state index is 0.0478. The van der Waals surface area contributed by atoms with E-state index in [2.05, 4.69) is 5.32 Å². The SMILES string of the molecule is O=C(NCCCO)c1ccc2nc(-c3ccccc3)c(-c3ccccc3)nc2c1. The van der Waals surface area contributed by atoms with Crippen LogP contribution in [0.25, 0.3) is 33.5 Å². The van der Waals surface area contributed by atoms with Crippen molar-refractivity contribution in [1.29, 1.82) is 0 Å². The smallest absolute Gasteiger partial charge is 0.251 e. The van der Waals surface area contributed by atoms with Crippen LogP contribution in [0.5, 0.6) is 0 Å². The standard InChI is InChI=1S/C24H21N3O2/c28-15-7-14-25-24(29)19-12-13-20-21(16-19)27-23(18-10-5-2-6-11-18)22(26-20)17-8-3-1-4-9-17/h1-6,8-13,16,28H,7,14-15H2,(H,25,29). The lowest BCUT2D eigenvalue weighted by atomic mass is 10.0. The highest BCUT2D eigenvalue weighted by molar-refractivity contribution is 5.98. The number of fused-ring (bicyclic) bond motifs is 1. The van der Waals surface area contributed by atoms with E-state index in [-0.39, 0.29) is 12.5 Å². The summed E-state index contributed by atoms with van der Waals surface area (Å²) >= 11 is 0. The summed E-state index contributed by atoms with van der Waals surface area (Å²) in [6.07, 6.45) is 0.526. The Labute approximate surface area is 169 Å². The fourth-order valence-electron chi connectivity index (χ4n) is 3.17. The molecular weight excluding hydrogens is 362 g/mol. The molecule has 5 nitrogen and oxygen atoms in total. The molecule has 0 aliphatic rings. The van der Waals surface area contributed by atoms with Crippen molar-refractivity contribution < 1.29 is 9.90 Å². The van der Waals surface area contributed by atoms with Crippen LogP contribution in [-0.2, 0) is 0 Å². The van der Waals surface area contributed by atoms with Gasteiger partial charge in [0.15, 0.2) is 0 Å². The van der Waals surface area contributed by atoms with Crippen LogP contribution in [0, 0.1) is 0 Å². The third kappa shape index (κ3) is 4.15. The number of carbonyl (C=O) groups excluding carboxylic acids is 1. The second kappa shape index (κ2) is 8.63. The molecule has 3 aromatic carbocycles. The number of nitrogens with one attached hydrogen (secondary N) is 1. The van der Waals surface area contributed by atoms with Crippen molar-refractivity contribution in [3.8, 4) is 22.5 Å². The molecule has 5 heteroatoms. The number of aromatic nitrogens is 2. The summed E-state index contributed by atoms with van der Waals surface area (Å²) in [6.45, 7) is 0.480. The van der Waals surface area contributed by atoms with Gasteiger partial charge < -0.3 is 10.4 Å².